The van der Waals surface area contributed by atoms with Crippen molar-refractivity contribution in [1.29, 1.82) is 0 Å². The van der Waals surface area contributed by atoms with Crippen LogP contribution in [0.3, 0.4) is 0 Å². The van der Waals surface area contributed by atoms with Gasteiger partial charge in [-0.2, -0.15) is 0 Å². The third-order valence-corrected chi connectivity index (χ3v) is 2.77. The third-order valence-electron chi connectivity index (χ3n) is 2.38. The molecule has 17 heavy (non-hydrogen) atoms. The molecular weight excluding hydrogens is 284 g/mol. The molecule has 0 amide bonds. The molecule has 0 aliphatic heterocycles. The Morgan fingerprint density at radius 3 is 3.24 bits per heavy atom. The Labute approximate surface area is 106 Å². The average Bonchev–Trinajstić information content (AvgIpc) is 2.95. The lowest BCUT2D eigenvalue weighted by molar-refractivity contribution is 0.564. The molecule has 0 radical (unpaired) electrons. The summed E-state index contributed by atoms with van der Waals surface area (Å²) in [5.74, 6) is 0.741. The second-order valence-corrected chi connectivity index (χ2v) is 4.37. The van der Waals surface area contributed by atoms with E-state index < -0.39 is 0 Å². The van der Waals surface area contributed by atoms with Gasteiger partial charge < -0.3 is 14.1 Å². The molecule has 86 valence electrons. The van der Waals surface area contributed by atoms with Gasteiger partial charge in [0.2, 0.25) is 0 Å². The largest absolute Gasteiger partial charge is 0.472 e. The van der Waals surface area contributed by atoms with Crippen molar-refractivity contribution in [1.82, 2.24) is 14.4 Å². The Morgan fingerprint density at radius 2 is 2.41 bits per heavy atom. The zero-order valence-corrected chi connectivity index (χ0v) is 10.4. The minimum Gasteiger partial charge on any atom is -0.472 e. The van der Waals surface area contributed by atoms with Crippen molar-refractivity contribution in [2.45, 2.75) is 6.54 Å². The van der Waals surface area contributed by atoms with E-state index in [-0.39, 0.29) is 0 Å². The van der Waals surface area contributed by atoms with Crippen LogP contribution in [0.25, 0.3) is 5.65 Å². The Kier molecular flexibility index (Phi) is 2.56. The lowest BCUT2D eigenvalue weighted by atomic mass is 10.3. The quantitative estimate of drug-likeness (QED) is 0.806. The van der Waals surface area contributed by atoms with E-state index in [1.807, 2.05) is 22.9 Å². The fourth-order valence-corrected chi connectivity index (χ4v) is 2.00. The molecule has 3 aromatic heterocycles. The van der Waals surface area contributed by atoms with E-state index in [0.29, 0.717) is 6.54 Å². The number of furan rings is 1. The van der Waals surface area contributed by atoms with Crippen molar-refractivity contribution in [3.63, 3.8) is 0 Å². The fraction of sp³-hybridized carbons (Fsp3) is 0.0909. The number of aromatic nitrogens is 3. The summed E-state index contributed by atoms with van der Waals surface area (Å²) in [6.45, 7) is 0.655. The second kappa shape index (κ2) is 4.21. The molecule has 5 nitrogen and oxygen atoms in total. The molecule has 0 bridgehead atoms. The monoisotopic (exact) mass is 292 g/mol. The highest BCUT2D eigenvalue weighted by atomic mass is 79.9. The summed E-state index contributed by atoms with van der Waals surface area (Å²) in [6.07, 6.45) is 8.84. The standard InChI is InChI=1S/C11H9BrN4O/c12-9-6-16-3-2-13-11(16)10(15-9)14-5-8-1-4-17-7-8/h1-4,6-7H,5H2,(H,14,15). The second-order valence-electron chi connectivity index (χ2n) is 3.56. The average molecular weight is 293 g/mol. The van der Waals surface area contributed by atoms with E-state index in [2.05, 4.69) is 31.2 Å². The van der Waals surface area contributed by atoms with Crippen LogP contribution in [-0.2, 0) is 6.54 Å². The summed E-state index contributed by atoms with van der Waals surface area (Å²) in [5.41, 5.74) is 1.87. The molecule has 6 heteroatoms. The number of rotatable bonds is 3. The van der Waals surface area contributed by atoms with Crippen LogP contribution >= 0.6 is 15.9 Å². The molecule has 0 aliphatic rings. The molecule has 0 spiro atoms. The maximum Gasteiger partial charge on any atom is 0.180 e. The van der Waals surface area contributed by atoms with Crippen LogP contribution in [0.4, 0.5) is 5.82 Å². The van der Waals surface area contributed by atoms with Crippen LogP contribution in [0, 0.1) is 0 Å². The van der Waals surface area contributed by atoms with E-state index in [0.717, 1.165) is 21.6 Å². The molecule has 0 aliphatic carbocycles. The lowest BCUT2D eigenvalue weighted by Crippen LogP contribution is -2.03. The summed E-state index contributed by atoms with van der Waals surface area (Å²) in [7, 11) is 0. The third kappa shape index (κ3) is 2.03. The van der Waals surface area contributed by atoms with Crippen LogP contribution < -0.4 is 5.32 Å². The number of fused-ring (bicyclic) bond motifs is 1. The van der Waals surface area contributed by atoms with Crippen molar-refractivity contribution in [3.05, 3.63) is 47.3 Å². The van der Waals surface area contributed by atoms with Gasteiger partial charge in [-0.1, -0.05) is 0 Å². The van der Waals surface area contributed by atoms with Crippen LogP contribution in [-0.4, -0.2) is 14.4 Å². The van der Waals surface area contributed by atoms with Crippen LogP contribution in [0.5, 0.6) is 0 Å². The topological polar surface area (TPSA) is 55.4 Å². The van der Waals surface area contributed by atoms with Gasteiger partial charge in [-0.15, -0.1) is 0 Å². The zero-order chi connectivity index (χ0) is 11.7. The molecule has 3 heterocycles. The van der Waals surface area contributed by atoms with Crippen molar-refractivity contribution < 1.29 is 4.42 Å². The van der Waals surface area contributed by atoms with Gasteiger partial charge in [0.05, 0.1) is 12.5 Å². The number of nitrogens with one attached hydrogen (secondary N) is 1. The molecule has 0 fully saturated rings. The van der Waals surface area contributed by atoms with Gasteiger partial charge in [0.1, 0.15) is 4.60 Å². The molecule has 0 saturated carbocycles. The van der Waals surface area contributed by atoms with E-state index in [1.165, 1.54) is 0 Å². The van der Waals surface area contributed by atoms with Gasteiger partial charge in [0.25, 0.3) is 0 Å². The van der Waals surface area contributed by atoms with Gasteiger partial charge in [0.15, 0.2) is 11.5 Å². The van der Waals surface area contributed by atoms with Crippen molar-refractivity contribution in [2.24, 2.45) is 0 Å². The number of halogens is 1. The van der Waals surface area contributed by atoms with Crippen molar-refractivity contribution in [2.75, 3.05) is 5.32 Å². The number of hydrogen-bond donors (Lipinski definition) is 1. The molecule has 0 saturated heterocycles. The molecular formula is C11H9BrN4O. The summed E-state index contributed by atoms with van der Waals surface area (Å²) < 4.78 is 7.68. The van der Waals surface area contributed by atoms with Crippen molar-refractivity contribution >= 4 is 27.4 Å². The summed E-state index contributed by atoms with van der Waals surface area (Å²) in [4.78, 5) is 8.62. The van der Waals surface area contributed by atoms with Gasteiger partial charge in [-0.25, -0.2) is 9.97 Å². The minimum absolute atomic E-state index is 0.655. The Balaban J connectivity index is 1.91. The summed E-state index contributed by atoms with van der Waals surface area (Å²) in [5, 5.41) is 3.23. The Morgan fingerprint density at radius 1 is 1.47 bits per heavy atom. The van der Waals surface area contributed by atoms with E-state index in [4.69, 9.17) is 4.42 Å². The highest BCUT2D eigenvalue weighted by molar-refractivity contribution is 9.10. The van der Waals surface area contributed by atoms with Crippen LogP contribution in [0.1, 0.15) is 5.56 Å². The first-order valence-electron chi connectivity index (χ1n) is 5.07. The number of imidazole rings is 1. The van der Waals surface area contributed by atoms with Gasteiger partial charge >= 0.3 is 0 Å². The minimum atomic E-state index is 0.655. The molecule has 3 aromatic rings. The Bertz CT molecular complexity index is 632. The molecule has 0 aromatic carbocycles. The first-order chi connectivity index (χ1) is 8.33. The SMILES string of the molecule is Brc1cn2ccnc2c(NCc2ccoc2)n1. The van der Waals surface area contributed by atoms with E-state index in [9.17, 15) is 0 Å². The summed E-state index contributed by atoms with van der Waals surface area (Å²) in [6, 6.07) is 1.91. The van der Waals surface area contributed by atoms with Crippen LogP contribution in [0.15, 0.2) is 46.2 Å². The first kappa shape index (κ1) is 10.3. The normalized spacial score (nSPS) is 10.9. The predicted octanol–water partition coefficient (Wildman–Crippen LogP) is 2.70. The van der Waals surface area contributed by atoms with Gasteiger partial charge in [-0.05, 0) is 22.0 Å². The lowest BCUT2D eigenvalue weighted by Gasteiger charge is -2.06. The number of anilines is 1. The van der Waals surface area contributed by atoms with Crippen LogP contribution in [0.2, 0.25) is 0 Å². The predicted molar refractivity (Wildman–Crippen MR) is 66.7 cm³/mol. The first-order valence-corrected chi connectivity index (χ1v) is 5.86. The smallest absolute Gasteiger partial charge is 0.180 e. The van der Waals surface area contributed by atoms with E-state index in [1.54, 1.807) is 18.7 Å². The highest BCUT2D eigenvalue weighted by Crippen LogP contribution is 2.17. The fourth-order valence-electron chi connectivity index (χ4n) is 1.60. The maximum atomic E-state index is 5.01. The zero-order valence-electron chi connectivity index (χ0n) is 8.80. The summed E-state index contributed by atoms with van der Waals surface area (Å²) >= 11 is 3.37. The molecule has 1 N–H and O–H groups in total. The Hall–Kier alpha value is -1.82. The molecule has 0 atom stereocenters. The van der Waals surface area contributed by atoms with Crippen molar-refractivity contribution in [3.8, 4) is 0 Å². The molecule has 3 rings (SSSR count). The van der Waals surface area contributed by atoms with Gasteiger partial charge in [0, 0.05) is 30.7 Å². The van der Waals surface area contributed by atoms with Gasteiger partial charge in [-0.3, -0.25) is 0 Å². The van der Waals surface area contributed by atoms with E-state index >= 15 is 0 Å². The molecule has 0 unspecified atom stereocenters. The maximum absolute atomic E-state index is 5.01. The highest BCUT2D eigenvalue weighted by Gasteiger charge is 2.06. The number of hydrogen-bond acceptors (Lipinski definition) is 4. The number of nitrogens with zero attached hydrogens (tertiary/aromatic N) is 3.